The summed E-state index contributed by atoms with van der Waals surface area (Å²) in [6.45, 7) is 4.36. The van der Waals surface area contributed by atoms with E-state index in [2.05, 4.69) is 32.4 Å². The maximum absolute atomic E-state index is 13.1. The van der Waals surface area contributed by atoms with Crippen LogP contribution in [0.15, 0.2) is 24.7 Å². The summed E-state index contributed by atoms with van der Waals surface area (Å²) in [5.41, 5.74) is 8.23. The first kappa shape index (κ1) is 20.1. The Balaban J connectivity index is 1.60. The Hall–Kier alpha value is -3.20. The molecule has 2 atom stereocenters. The highest BCUT2D eigenvalue weighted by Gasteiger charge is 2.34. The van der Waals surface area contributed by atoms with Crippen molar-refractivity contribution in [1.29, 1.82) is 0 Å². The molecule has 1 fully saturated rings. The van der Waals surface area contributed by atoms with Gasteiger partial charge in [0, 0.05) is 12.7 Å². The minimum absolute atomic E-state index is 0.262. The predicted octanol–water partition coefficient (Wildman–Crippen LogP) is 2.84. The average Bonchev–Trinajstić information content (AvgIpc) is 3.23. The number of hydrogen-bond donors (Lipinski definition) is 3. The molecule has 0 aliphatic carbocycles. The van der Waals surface area contributed by atoms with Crippen molar-refractivity contribution >= 4 is 45.8 Å². The lowest BCUT2D eigenvalue weighted by atomic mass is 9.90. The number of nitrogens with zero attached hydrogens (tertiary/aromatic N) is 4. The molecular weight excluding hydrogens is 406 g/mol. The molecule has 1 aliphatic rings. The van der Waals surface area contributed by atoms with Crippen LogP contribution in [0, 0.1) is 12.8 Å². The van der Waals surface area contributed by atoms with Crippen molar-refractivity contribution in [2.45, 2.75) is 32.7 Å². The molecule has 0 unspecified atom stereocenters. The van der Waals surface area contributed by atoms with Gasteiger partial charge in [0.25, 0.3) is 0 Å². The number of halogens is 1. The molecule has 1 saturated heterocycles. The standard InChI is InChI=1S/C20H22ClN7O2/c1-10-3-4-16(12-5-14(21)11(2)23-6-12)28(9-10)20(30)19(29)26-15-8-24-18(22)13-7-25-27-17(13)15/h5-8,10,16H,3-4,9H2,1-2H3,(H2,22,24)(H,25,27)(H,26,29)/t10-,16+/m0/s1. The normalized spacial score (nSPS) is 19.1. The van der Waals surface area contributed by atoms with Gasteiger partial charge in [-0.1, -0.05) is 18.5 Å². The van der Waals surface area contributed by atoms with Crippen molar-refractivity contribution in [3.8, 4) is 0 Å². The van der Waals surface area contributed by atoms with E-state index >= 15 is 0 Å². The van der Waals surface area contributed by atoms with E-state index in [9.17, 15) is 9.59 Å². The van der Waals surface area contributed by atoms with E-state index in [1.807, 2.05) is 13.0 Å². The van der Waals surface area contributed by atoms with Gasteiger partial charge in [0.1, 0.15) is 5.82 Å². The van der Waals surface area contributed by atoms with E-state index in [4.69, 9.17) is 17.3 Å². The summed E-state index contributed by atoms with van der Waals surface area (Å²) in [6.07, 6.45) is 6.32. The first-order valence-electron chi connectivity index (χ1n) is 9.66. The topological polar surface area (TPSA) is 130 Å². The lowest BCUT2D eigenvalue weighted by Crippen LogP contribution is -2.46. The Morgan fingerprint density at radius 1 is 1.27 bits per heavy atom. The lowest BCUT2D eigenvalue weighted by molar-refractivity contribution is -0.146. The molecule has 4 rings (SSSR count). The fraction of sp³-hybridized carbons (Fsp3) is 0.350. The molecule has 2 amide bonds. The number of carbonyl (C=O) groups excluding carboxylic acids is 2. The number of anilines is 2. The van der Waals surface area contributed by atoms with E-state index in [-0.39, 0.29) is 17.8 Å². The Bertz CT molecular complexity index is 1130. The molecule has 4 heterocycles. The van der Waals surface area contributed by atoms with Crippen LogP contribution < -0.4 is 11.1 Å². The predicted molar refractivity (Wildman–Crippen MR) is 114 cm³/mol. The maximum atomic E-state index is 13.1. The Kier molecular flexibility index (Phi) is 5.29. The number of piperidine rings is 1. The van der Waals surface area contributed by atoms with E-state index in [1.165, 1.54) is 12.4 Å². The highest BCUT2D eigenvalue weighted by molar-refractivity contribution is 6.40. The summed E-state index contributed by atoms with van der Waals surface area (Å²) in [4.78, 5) is 35.9. The molecule has 0 aromatic carbocycles. The minimum atomic E-state index is -0.747. The number of nitrogens with one attached hydrogen (secondary N) is 2. The summed E-state index contributed by atoms with van der Waals surface area (Å²) in [7, 11) is 0. The number of amides is 2. The molecule has 3 aromatic heterocycles. The van der Waals surface area contributed by atoms with Gasteiger partial charge in [-0.3, -0.25) is 19.7 Å². The fourth-order valence-electron chi connectivity index (χ4n) is 3.78. The SMILES string of the molecule is Cc1ncc([C@H]2CC[C@H](C)CN2C(=O)C(=O)Nc2cnc(N)c3cn[nH]c23)cc1Cl. The van der Waals surface area contributed by atoms with Crippen molar-refractivity contribution in [1.82, 2.24) is 25.1 Å². The molecule has 3 aromatic rings. The number of pyridine rings is 2. The number of H-pyrrole nitrogens is 1. The van der Waals surface area contributed by atoms with Gasteiger partial charge >= 0.3 is 11.8 Å². The molecule has 1 aliphatic heterocycles. The van der Waals surface area contributed by atoms with Crippen LogP contribution in [0.5, 0.6) is 0 Å². The summed E-state index contributed by atoms with van der Waals surface area (Å²) < 4.78 is 0. The second kappa shape index (κ2) is 7.91. The van der Waals surface area contributed by atoms with Crippen LogP contribution in [-0.4, -0.2) is 43.4 Å². The van der Waals surface area contributed by atoms with Crippen LogP contribution in [0.2, 0.25) is 5.02 Å². The largest absolute Gasteiger partial charge is 0.383 e. The molecule has 0 bridgehead atoms. The van der Waals surface area contributed by atoms with E-state index < -0.39 is 11.8 Å². The van der Waals surface area contributed by atoms with E-state index in [0.29, 0.717) is 28.2 Å². The first-order chi connectivity index (χ1) is 14.3. The number of aromatic nitrogens is 4. The number of nitrogen functional groups attached to an aromatic ring is 1. The molecule has 0 radical (unpaired) electrons. The van der Waals surface area contributed by atoms with Crippen LogP contribution in [0.3, 0.4) is 0 Å². The number of aryl methyl sites for hydroxylation is 1. The molecule has 0 saturated carbocycles. The van der Waals surface area contributed by atoms with Gasteiger partial charge < -0.3 is 16.0 Å². The molecule has 30 heavy (non-hydrogen) atoms. The number of nitrogens with two attached hydrogens (primary N) is 1. The monoisotopic (exact) mass is 427 g/mol. The van der Waals surface area contributed by atoms with Crippen LogP contribution in [0.4, 0.5) is 11.5 Å². The molecule has 4 N–H and O–H groups in total. The number of carbonyl (C=O) groups is 2. The van der Waals surface area contributed by atoms with Crippen molar-refractivity contribution in [3.63, 3.8) is 0 Å². The minimum Gasteiger partial charge on any atom is -0.383 e. The van der Waals surface area contributed by atoms with Crippen molar-refractivity contribution < 1.29 is 9.59 Å². The third kappa shape index (κ3) is 3.68. The van der Waals surface area contributed by atoms with Crippen LogP contribution in [-0.2, 0) is 9.59 Å². The molecular formula is C20H22ClN7O2. The summed E-state index contributed by atoms with van der Waals surface area (Å²) in [5, 5.41) is 10.5. The summed E-state index contributed by atoms with van der Waals surface area (Å²) >= 11 is 6.24. The molecule has 9 nitrogen and oxygen atoms in total. The fourth-order valence-corrected chi connectivity index (χ4v) is 3.96. The number of hydrogen-bond acceptors (Lipinski definition) is 6. The number of likely N-dealkylation sites (tertiary alicyclic amines) is 1. The first-order valence-corrected chi connectivity index (χ1v) is 10.0. The van der Waals surface area contributed by atoms with Gasteiger partial charge in [0.2, 0.25) is 0 Å². The summed E-state index contributed by atoms with van der Waals surface area (Å²) in [6, 6.07) is 1.56. The van der Waals surface area contributed by atoms with Crippen LogP contribution in [0.25, 0.3) is 10.9 Å². The number of aromatic amines is 1. The third-order valence-electron chi connectivity index (χ3n) is 5.47. The highest BCUT2D eigenvalue weighted by Crippen LogP contribution is 2.34. The number of rotatable bonds is 2. The smallest absolute Gasteiger partial charge is 0.314 e. The van der Waals surface area contributed by atoms with E-state index in [1.54, 1.807) is 11.1 Å². The van der Waals surface area contributed by atoms with Crippen LogP contribution >= 0.6 is 11.6 Å². The molecule has 156 valence electrons. The zero-order chi connectivity index (χ0) is 21.4. The zero-order valence-electron chi connectivity index (χ0n) is 16.6. The molecule has 10 heteroatoms. The summed E-state index contributed by atoms with van der Waals surface area (Å²) in [5.74, 6) is -0.795. The quantitative estimate of drug-likeness (QED) is 0.539. The lowest BCUT2D eigenvalue weighted by Gasteiger charge is -2.38. The van der Waals surface area contributed by atoms with Crippen molar-refractivity contribution in [3.05, 3.63) is 40.9 Å². The van der Waals surface area contributed by atoms with Crippen molar-refractivity contribution in [2.75, 3.05) is 17.6 Å². The Labute approximate surface area is 178 Å². The number of fused-ring (bicyclic) bond motifs is 1. The average molecular weight is 428 g/mol. The zero-order valence-corrected chi connectivity index (χ0v) is 17.4. The van der Waals surface area contributed by atoms with Gasteiger partial charge in [0.15, 0.2) is 0 Å². The second-order valence-electron chi connectivity index (χ2n) is 7.66. The van der Waals surface area contributed by atoms with Crippen LogP contribution in [0.1, 0.15) is 37.1 Å². The van der Waals surface area contributed by atoms with Gasteiger partial charge in [-0.25, -0.2) is 4.98 Å². The van der Waals surface area contributed by atoms with Gasteiger partial charge in [-0.15, -0.1) is 0 Å². The highest BCUT2D eigenvalue weighted by atomic mass is 35.5. The van der Waals surface area contributed by atoms with Gasteiger partial charge in [-0.05, 0) is 37.3 Å². The van der Waals surface area contributed by atoms with E-state index in [0.717, 1.165) is 24.1 Å². The molecule has 0 spiro atoms. The second-order valence-corrected chi connectivity index (χ2v) is 8.07. The Morgan fingerprint density at radius 3 is 2.83 bits per heavy atom. The Morgan fingerprint density at radius 2 is 2.07 bits per heavy atom. The van der Waals surface area contributed by atoms with Gasteiger partial charge in [-0.2, -0.15) is 5.10 Å². The van der Waals surface area contributed by atoms with Crippen molar-refractivity contribution in [2.24, 2.45) is 5.92 Å². The third-order valence-corrected chi connectivity index (χ3v) is 5.85. The maximum Gasteiger partial charge on any atom is 0.314 e. The van der Waals surface area contributed by atoms with Gasteiger partial charge in [0.05, 0.1) is 45.7 Å².